The van der Waals surface area contributed by atoms with Gasteiger partial charge in [0.15, 0.2) is 11.5 Å². The molecule has 164 valence electrons. The lowest BCUT2D eigenvalue weighted by Crippen LogP contribution is -2.34. The van der Waals surface area contributed by atoms with Crippen molar-refractivity contribution in [2.24, 2.45) is 5.10 Å². The predicted molar refractivity (Wildman–Crippen MR) is 117 cm³/mol. The Bertz CT molecular complexity index is 1050. The summed E-state index contributed by atoms with van der Waals surface area (Å²) < 4.78 is 15.8. The van der Waals surface area contributed by atoms with E-state index in [1.54, 1.807) is 39.3 Å². The molecule has 0 saturated carbocycles. The van der Waals surface area contributed by atoms with Gasteiger partial charge in [-0.2, -0.15) is 5.10 Å². The number of carbonyl (C=O) groups excluding carboxylic acids is 3. The van der Waals surface area contributed by atoms with Crippen LogP contribution in [0.4, 0.5) is 5.69 Å². The zero-order chi connectivity index (χ0) is 22.5. The van der Waals surface area contributed by atoms with Crippen LogP contribution in [0.2, 0.25) is 0 Å². The fourth-order valence-corrected chi connectivity index (χ4v) is 3.99. The van der Waals surface area contributed by atoms with Crippen LogP contribution in [0.1, 0.15) is 29.4 Å². The normalized spacial score (nSPS) is 13.5. The molecule has 2 amide bonds. The van der Waals surface area contributed by atoms with Gasteiger partial charge in [-0.1, -0.05) is 0 Å². The van der Waals surface area contributed by atoms with Crippen molar-refractivity contribution in [2.45, 2.75) is 19.8 Å². The summed E-state index contributed by atoms with van der Waals surface area (Å²) in [4.78, 5) is 37.8. The minimum Gasteiger partial charge on any atom is -0.493 e. The maximum Gasteiger partial charge on any atom is 0.350 e. The van der Waals surface area contributed by atoms with Gasteiger partial charge in [0.1, 0.15) is 10.6 Å². The third-order valence-corrected chi connectivity index (χ3v) is 5.74. The number of benzene rings is 1. The molecule has 2 aromatic rings. The maximum atomic E-state index is 12.7. The van der Waals surface area contributed by atoms with Gasteiger partial charge in [0.2, 0.25) is 5.91 Å². The van der Waals surface area contributed by atoms with Gasteiger partial charge in [-0.25, -0.2) is 9.80 Å². The molecule has 0 atom stereocenters. The third kappa shape index (κ3) is 4.85. The van der Waals surface area contributed by atoms with Crippen LogP contribution >= 0.6 is 11.3 Å². The molecule has 1 aliphatic heterocycles. The fourth-order valence-electron chi connectivity index (χ4n) is 2.99. The fraction of sp³-hybridized carbons (Fsp3) is 0.333. The van der Waals surface area contributed by atoms with Crippen LogP contribution < -0.4 is 14.8 Å². The van der Waals surface area contributed by atoms with Crippen LogP contribution in [-0.4, -0.2) is 56.4 Å². The monoisotopic (exact) mass is 445 g/mol. The van der Waals surface area contributed by atoms with Gasteiger partial charge in [0, 0.05) is 24.8 Å². The van der Waals surface area contributed by atoms with Crippen molar-refractivity contribution >= 4 is 40.5 Å². The van der Waals surface area contributed by atoms with Crippen molar-refractivity contribution in [1.29, 1.82) is 0 Å². The quantitative estimate of drug-likeness (QED) is 0.656. The highest BCUT2D eigenvalue weighted by atomic mass is 32.1. The number of amides is 2. The molecular weight excluding hydrogens is 422 g/mol. The molecule has 9 nitrogen and oxygen atoms in total. The molecule has 0 unspecified atom stereocenters. The van der Waals surface area contributed by atoms with Crippen LogP contribution in [0.15, 0.2) is 29.4 Å². The summed E-state index contributed by atoms with van der Waals surface area (Å²) in [6.07, 6.45) is 0.435. The SMILES string of the molecule is CCOC(=O)c1sc(-c2ccc(OC)c(OC)c2)cc1NC(=O)C1=NN(C)C(=O)CC1. The summed E-state index contributed by atoms with van der Waals surface area (Å²) in [5.74, 6) is -0.0409. The number of carbonyl (C=O) groups is 3. The molecule has 0 saturated heterocycles. The first-order valence-electron chi connectivity index (χ1n) is 9.56. The van der Waals surface area contributed by atoms with Gasteiger partial charge in [-0.3, -0.25) is 9.59 Å². The Morgan fingerprint density at radius 1 is 1.16 bits per heavy atom. The molecule has 1 aliphatic rings. The summed E-state index contributed by atoms with van der Waals surface area (Å²) in [5.41, 5.74) is 1.32. The zero-order valence-corrected chi connectivity index (χ0v) is 18.5. The average molecular weight is 445 g/mol. The van der Waals surface area contributed by atoms with E-state index in [9.17, 15) is 14.4 Å². The zero-order valence-electron chi connectivity index (χ0n) is 17.7. The van der Waals surface area contributed by atoms with E-state index in [4.69, 9.17) is 14.2 Å². The molecule has 2 heterocycles. The second-order valence-corrected chi connectivity index (χ2v) is 7.61. The Morgan fingerprint density at radius 3 is 2.55 bits per heavy atom. The van der Waals surface area contributed by atoms with Crippen molar-refractivity contribution in [2.75, 3.05) is 33.2 Å². The molecule has 3 rings (SSSR count). The number of methoxy groups -OCH3 is 2. The lowest BCUT2D eigenvalue weighted by atomic mass is 10.1. The molecule has 1 aromatic heterocycles. The Morgan fingerprint density at radius 2 is 1.90 bits per heavy atom. The van der Waals surface area contributed by atoms with Gasteiger partial charge in [-0.15, -0.1) is 11.3 Å². The third-order valence-electron chi connectivity index (χ3n) is 4.58. The summed E-state index contributed by atoms with van der Waals surface area (Å²) in [5, 5.41) is 7.91. The number of anilines is 1. The first-order valence-corrected chi connectivity index (χ1v) is 10.4. The van der Waals surface area contributed by atoms with Gasteiger partial charge in [-0.05, 0) is 36.8 Å². The molecule has 1 aromatic carbocycles. The lowest BCUT2D eigenvalue weighted by Gasteiger charge is -2.18. The van der Waals surface area contributed by atoms with Crippen LogP contribution in [0.3, 0.4) is 0 Å². The molecule has 0 spiro atoms. The van der Waals surface area contributed by atoms with E-state index in [0.717, 1.165) is 15.4 Å². The number of rotatable bonds is 7. The minimum absolute atomic E-state index is 0.157. The Kier molecular flexibility index (Phi) is 6.91. The Balaban J connectivity index is 1.95. The number of hydrogen-bond donors (Lipinski definition) is 1. The Labute approximate surface area is 183 Å². The van der Waals surface area contributed by atoms with E-state index >= 15 is 0 Å². The van der Waals surface area contributed by atoms with E-state index in [0.29, 0.717) is 17.2 Å². The van der Waals surface area contributed by atoms with Gasteiger partial charge >= 0.3 is 5.97 Å². The summed E-state index contributed by atoms with van der Waals surface area (Å²) in [7, 11) is 4.59. The molecule has 0 radical (unpaired) electrons. The van der Waals surface area contributed by atoms with Crippen molar-refractivity contribution in [3.8, 4) is 21.9 Å². The summed E-state index contributed by atoms with van der Waals surface area (Å²) in [6, 6.07) is 7.09. The number of esters is 1. The first-order chi connectivity index (χ1) is 14.9. The van der Waals surface area contributed by atoms with E-state index < -0.39 is 11.9 Å². The molecule has 0 fully saturated rings. The molecule has 0 bridgehead atoms. The summed E-state index contributed by atoms with van der Waals surface area (Å²) in [6.45, 7) is 1.91. The number of nitrogens with zero attached hydrogens (tertiary/aromatic N) is 2. The molecule has 31 heavy (non-hydrogen) atoms. The minimum atomic E-state index is -0.535. The number of ether oxygens (including phenoxy) is 3. The first kappa shape index (κ1) is 22.3. The van der Waals surface area contributed by atoms with Crippen molar-refractivity contribution in [3.05, 3.63) is 29.1 Å². The summed E-state index contributed by atoms with van der Waals surface area (Å²) >= 11 is 1.19. The van der Waals surface area contributed by atoms with Crippen LogP contribution in [0, 0.1) is 0 Å². The predicted octanol–water partition coefficient (Wildman–Crippen LogP) is 3.16. The van der Waals surface area contributed by atoms with E-state index in [1.165, 1.54) is 18.4 Å². The van der Waals surface area contributed by atoms with Crippen LogP contribution in [-0.2, 0) is 14.3 Å². The lowest BCUT2D eigenvalue weighted by molar-refractivity contribution is -0.130. The highest BCUT2D eigenvalue weighted by Gasteiger charge is 2.25. The van der Waals surface area contributed by atoms with E-state index in [2.05, 4.69) is 10.4 Å². The standard InChI is InChI=1S/C21H23N3O6S/c1-5-30-21(27)19-14(22-20(26)13-7-9-18(25)24(2)23-13)11-17(31-19)12-6-8-15(28-3)16(10-12)29-4/h6,8,10-11H,5,7,9H2,1-4H3,(H,22,26). The molecular formula is C21H23N3O6S. The van der Waals surface area contributed by atoms with Crippen LogP contribution in [0.25, 0.3) is 10.4 Å². The second kappa shape index (κ2) is 9.61. The smallest absolute Gasteiger partial charge is 0.350 e. The number of thiophene rings is 1. The molecule has 10 heteroatoms. The number of nitrogens with one attached hydrogen (secondary N) is 1. The van der Waals surface area contributed by atoms with E-state index in [1.807, 2.05) is 6.07 Å². The van der Waals surface area contributed by atoms with Crippen molar-refractivity contribution in [1.82, 2.24) is 5.01 Å². The van der Waals surface area contributed by atoms with Gasteiger partial charge in [0.25, 0.3) is 5.91 Å². The van der Waals surface area contributed by atoms with Gasteiger partial charge in [0.05, 0.1) is 26.5 Å². The largest absolute Gasteiger partial charge is 0.493 e. The van der Waals surface area contributed by atoms with E-state index in [-0.39, 0.29) is 35.9 Å². The van der Waals surface area contributed by atoms with Crippen molar-refractivity contribution in [3.63, 3.8) is 0 Å². The average Bonchev–Trinajstić information content (AvgIpc) is 3.19. The molecule has 0 aliphatic carbocycles. The molecule has 1 N–H and O–H groups in total. The number of hydrogen-bond acceptors (Lipinski definition) is 8. The van der Waals surface area contributed by atoms with Crippen LogP contribution in [0.5, 0.6) is 11.5 Å². The van der Waals surface area contributed by atoms with Crippen molar-refractivity contribution < 1.29 is 28.6 Å². The topological polar surface area (TPSA) is 107 Å². The van der Waals surface area contributed by atoms with Gasteiger partial charge < -0.3 is 19.5 Å². The maximum absolute atomic E-state index is 12.7. The highest BCUT2D eigenvalue weighted by molar-refractivity contribution is 7.18. The highest BCUT2D eigenvalue weighted by Crippen LogP contribution is 2.39. The Hall–Kier alpha value is -3.40. The second-order valence-electron chi connectivity index (χ2n) is 6.56. The number of hydrazone groups is 1.